The summed E-state index contributed by atoms with van der Waals surface area (Å²) in [7, 11) is 1.52. The summed E-state index contributed by atoms with van der Waals surface area (Å²) in [6.45, 7) is 1.53. The molecule has 1 atom stereocenters. The second-order valence-electron chi connectivity index (χ2n) is 4.94. The Labute approximate surface area is 145 Å². The number of carbonyl (C=O) groups is 2. The van der Waals surface area contributed by atoms with Crippen molar-refractivity contribution < 1.29 is 19.1 Å². The molecule has 6 heteroatoms. The zero-order valence-corrected chi connectivity index (χ0v) is 14.6. The van der Waals surface area contributed by atoms with Gasteiger partial charge in [-0.25, -0.2) is 4.79 Å². The summed E-state index contributed by atoms with van der Waals surface area (Å²) in [5.74, 6) is -0.408. The van der Waals surface area contributed by atoms with Crippen LogP contribution in [0.25, 0.3) is 0 Å². The fourth-order valence-electron chi connectivity index (χ4n) is 2.07. The van der Waals surface area contributed by atoms with Crippen LogP contribution in [0.5, 0.6) is 5.75 Å². The summed E-state index contributed by atoms with van der Waals surface area (Å²) in [6, 6.07) is 14.2. The summed E-state index contributed by atoms with van der Waals surface area (Å²) in [4.78, 5) is 25.3. The summed E-state index contributed by atoms with van der Waals surface area (Å²) in [6.07, 6.45) is 0.946. The van der Waals surface area contributed by atoms with Gasteiger partial charge in [0.2, 0.25) is 0 Å². The van der Waals surface area contributed by atoms with E-state index in [2.05, 4.69) is 5.32 Å². The number of nitrogens with one attached hydrogen (secondary N) is 1. The van der Waals surface area contributed by atoms with Gasteiger partial charge in [-0.3, -0.25) is 4.79 Å². The van der Waals surface area contributed by atoms with Crippen LogP contribution in [-0.2, 0) is 9.53 Å². The predicted molar refractivity (Wildman–Crippen MR) is 94.7 cm³/mol. The number of esters is 1. The first kappa shape index (κ1) is 17.9. The fraction of sp³-hybridized carbons (Fsp3) is 0.222. The number of para-hydroxylation sites is 2. The van der Waals surface area contributed by atoms with Crippen molar-refractivity contribution in [1.29, 1.82) is 0 Å². The highest BCUT2D eigenvalue weighted by atomic mass is 32.2. The predicted octanol–water partition coefficient (Wildman–Crippen LogP) is 3.60. The first-order chi connectivity index (χ1) is 11.6. The van der Waals surface area contributed by atoms with Gasteiger partial charge in [0.15, 0.2) is 6.10 Å². The molecule has 0 aliphatic heterocycles. The normalized spacial score (nSPS) is 11.5. The van der Waals surface area contributed by atoms with Crippen molar-refractivity contribution in [2.75, 3.05) is 18.7 Å². The van der Waals surface area contributed by atoms with Gasteiger partial charge in [0.25, 0.3) is 5.91 Å². The van der Waals surface area contributed by atoms with Gasteiger partial charge in [0.05, 0.1) is 18.4 Å². The van der Waals surface area contributed by atoms with Gasteiger partial charge in [-0.15, -0.1) is 11.8 Å². The van der Waals surface area contributed by atoms with Gasteiger partial charge in [0.1, 0.15) is 5.75 Å². The molecule has 0 saturated heterocycles. The molecule has 2 rings (SSSR count). The highest BCUT2D eigenvalue weighted by Crippen LogP contribution is 2.24. The summed E-state index contributed by atoms with van der Waals surface area (Å²) in [5.41, 5.74) is 0.972. The second kappa shape index (κ2) is 8.40. The van der Waals surface area contributed by atoms with E-state index in [0.717, 1.165) is 4.90 Å². The van der Waals surface area contributed by atoms with Crippen molar-refractivity contribution in [3.8, 4) is 5.75 Å². The number of rotatable bonds is 6. The highest BCUT2D eigenvalue weighted by Gasteiger charge is 2.21. The van der Waals surface area contributed by atoms with Crippen LogP contribution >= 0.6 is 11.8 Å². The molecule has 0 radical (unpaired) electrons. The third-order valence-electron chi connectivity index (χ3n) is 3.34. The molecular formula is C18H19NO4S. The average Bonchev–Trinajstić information content (AvgIpc) is 2.61. The van der Waals surface area contributed by atoms with Crippen LogP contribution in [0, 0.1) is 0 Å². The van der Waals surface area contributed by atoms with Crippen molar-refractivity contribution in [3.05, 3.63) is 54.1 Å². The minimum Gasteiger partial charge on any atom is -0.495 e. The van der Waals surface area contributed by atoms with Crippen LogP contribution < -0.4 is 10.1 Å². The van der Waals surface area contributed by atoms with Gasteiger partial charge in [-0.2, -0.15) is 0 Å². The molecule has 0 fully saturated rings. The van der Waals surface area contributed by atoms with E-state index in [1.807, 2.05) is 18.4 Å². The maximum Gasteiger partial charge on any atom is 0.340 e. The van der Waals surface area contributed by atoms with Gasteiger partial charge in [-0.05, 0) is 37.4 Å². The fourth-order valence-corrected chi connectivity index (χ4v) is 2.66. The molecule has 0 aromatic heterocycles. The highest BCUT2D eigenvalue weighted by molar-refractivity contribution is 7.98. The number of amides is 1. The number of ether oxygens (including phenoxy) is 2. The second-order valence-corrected chi connectivity index (χ2v) is 5.79. The van der Waals surface area contributed by atoms with Crippen molar-refractivity contribution in [2.45, 2.75) is 17.9 Å². The van der Waals surface area contributed by atoms with E-state index < -0.39 is 18.0 Å². The first-order valence-corrected chi connectivity index (χ1v) is 8.57. The van der Waals surface area contributed by atoms with E-state index in [0.29, 0.717) is 17.0 Å². The van der Waals surface area contributed by atoms with E-state index >= 15 is 0 Å². The van der Waals surface area contributed by atoms with Gasteiger partial charge in [-0.1, -0.05) is 24.3 Å². The lowest BCUT2D eigenvalue weighted by molar-refractivity contribution is -0.123. The molecule has 126 valence electrons. The van der Waals surface area contributed by atoms with E-state index in [-0.39, 0.29) is 0 Å². The molecule has 0 saturated carbocycles. The lowest BCUT2D eigenvalue weighted by Crippen LogP contribution is -2.30. The van der Waals surface area contributed by atoms with Crippen LogP contribution in [0.2, 0.25) is 0 Å². The number of benzene rings is 2. The molecule has 0 bridgehead atoms. The Balaban J connectivity index is 2.05. The SMILES string of the molecule is COc1ccccc1NC(=O)C(C)OC(=O)c1ccccc1SC. The Bertz CT molecular complexity index is 732. The van der Waals surface area contributed by atoms with Crippen LogP contribution in [0.1, 0.15) is 17.3 Å². The molecule has 1 amide bonds. The van der Waals surface area contributed by atoms with E-state index in [1.165, 1.54) is 25.8 Å². The van der Waals surface area contributed by atoms with Crippen LogP contribution in [0.3, 0.4) is 0 Å². The molecule has 5 nitrogen and oxygen atoms in total. The van der Waals surface area contributed by atoms with Crippen LogP contribution in [0.4, 0.5) is 5.69 Å². The van der Waals surface area contributed by atoms with Crippen LogP contribution in [-0.4, -0.2) is 31.3 Å². The standard InChI is InChI=1S/C18H19NO4S/c1-12(17(20)19-14-9-5-6-10-15(14)22-2)23-18(21)13-8-4-7-11-16(13)24-3/h4-12H,1-3H3,(H,19,20). The third kappa shape index (κ3) is 4.29. The minimum absolute atomic E-state index is 0.422. The Hall–Kier alpha value is -2.47. The monoisotopic (exact) mass is 345 g/mol. The number of hydrogen-bond donors (Lipinski definition) is 1. The minimum atomic E-state index is -0.933. The first-order valence-electron chi connectivity index (χ1n) is 7.34. The van der Waals surface area contributed by atoms with Crippen LogP contribution in [0.15, 0.2) is 53.4 Å². The number of carbonyl (C=O) groups excluding carboxylic acids is 2. The molecule has 1 unspecified atom stereocenters. The summed E-state index contributed by atoms with van der Waals surface area (Å²) in [5, 5.41) is 2.70. The van der Waals surface area contributed by atoms with Crippen molar-refractivity contribution in [2.24, 2.45) is 0 Å². The molecule has 0 aliphatic carbocycles. The van der Waals surface area contributed by atoms with E-state index in [1.54, 1.807) is 36.4 Å². The molecule has 0 heterocycles. The van der Waals surface area contributed by atoms with Crippen molar-refractivity contribution >= 4 is 29.3 Å². The maximum atomic E-state index is 12.3. The largest absolute Gasteiger partial charge is 0.495 e. The summed E-state index contributed by atoms with van der Waals surface area (Å²) >= 11 is 1.45. The maximum absolute atomic E-state index is 12.3. The number of methoxy groups -OCH3 is 1. The van der Waals surface area contributed by atoms with E-state index in [4.69, 9.17) is 9.47 Å². The Morgan fingerprint density at radius 2 is 1.75 bits per heavy atom. The Kier molecular flexibility index (Phi) is 6.26. The van der Waals surface area contributed by atoms with Gasteiger partial charge in [0, 0.05) is 4.90 Å². The average molecular weight is 345 g/mol. The van der Waals surface area contributed by atoms with Crippen molar-refractivity contribution in [1.82, 2.24) is 0 Å². The van der Waals surface area contributed by atoms with E-state index in [9.17, 15) is 9.59 Å². The Morgan fingerprint density at radius 1 is 1.08 bits per heavy atom. The molecule has 2 aromatic carbocycles. The Morgan fingerprint density at radius 3 is 2.46 bits per heavy atom. The zero-order chi connectivity index (χ0) is 17.5. The molecule has 0 aliphatic rings. The molecular weight excluding hydrogens is 326 g/mol. The lowest BCUT2D eigenvalue weighted by Gasteiger charge is -2.15. The van der Waals surface area contributed by atoms with Gasteiger partial charge < -0.3 is 14.8 Å². The number of thioether (sulfide) groups is 1. The number of hydrogen-bond acceptors (Lipinski definition) is 5. The molecule has 0 spiro atoms. The van der Waals surface area contributed by atoms with Gasteiger partial charge >= 0.3 is 5.97 Å². The third-order valence-corrected chi connectivity index (χ3v) is 4.14. The molecule has 1 N–H and O–H groups in total. The lowest BCUT2D eigenvalue weighted by atomic mass is 10.2. The zero-order valence-electron chi connectivity index (χ0n) is 13.7. The summed E-state index contributed by atoms with van der Waals surface area (Å²) < 4.78 is 10.5. The molecule has 24 heavy (non-hydrogen) atoms. The number of anilines is 1. The topological polar surface area (TPSA) is 64.6 Å². The quantitative estimate of drug-likeness (QED) is 0.640. The molecule has 2 aromatic rings. The smallest absolute Gasteiger partial charge is 0.340 e. The van der Waals surface area contributed by atoms with Crippen molar-refractivity contribution in [3.63, 3.8) is 0 Å².